The van der Waals surface area contributed by atoms with Crippen molar-refractivity contribution in [3.05, 3.63) is 63.9 Å². The highest BCUT2D eigenvalue weighted by Gasteiger charge is 2.07. The van der Waals surface area contributed by atoms with Crippen molar-refractivity contribution < 1.29 is 4.79 Å². The first-order chi connectivity index (χ1) is 9.58. The lowest BCUT2D eigenvalue weighted by Crippen LogP contribution is -2.23. The first-order valence-corrected chi connectivity index (χ1v) is 6.38. The van der Waals surface area contributed by atoms with E-state index in [1.54, 1.807) is 31.2 Å². The van der Waals surface area contributed by atoms with Gasteiger partial charge in [0, 0.05) is 17.8 Å². The molecule has 0 atom stereocenters. The Kier molecular flexibility index (Phi) is 4.34. The Hall–Kier alpha value is -2.38. The van der Waals surface area contributed by atoms with Crippen LogP contribution in [0.1, 0.15) is 27.2 Å². The summed E-state index contributed by atoms with van der Waals surface area (Å²) in [6.07, 6.45) is 0. The fourth-order valence-corrected chi connectivity index (χ4v) is 2.05. The summed E-state index contributed by atoms with van der Waals surface area (Å²) in [6.45, 7) is 2.13. The third-order valence-corrected chi connectivity index (χ3v) is 2.89. The monoisotopic (exact) mass is 285 g/mol. The molecule has 100 valence electrons. The van der Waals surface area contributed by atoms with Crippen molar-refractivity contribution in [1.82, 2.24) is 10.3 Å². The van der Waals surface area contributed by atoms with Gasteiger partial charge < -0.3 is 5.32 Å². The standard InChI is InChI=1S/C15H12ClN3O/c1-10-5-13(7-14(16)19-10)15(20)18-9-12-4-2-3-11(6-12)8-17/h2-7H,9H2,1H3,(H,18,20). The first kappa shape index (κ1) is 14.0. The predicted molar refractivity (Wildman–Crippen MR) is 76.3 cm³/mol. The molecule has 0 fully saturated rings. The minimum absolute atomic E-state index is 0.222. The SMILES string of the molecule is Cc1cc(C(=O)NCc2cccc(C#N)c2)cc(Cl)n1. The highest BCUT2D eigenvalue weighted by molar-refractivity contribution is 6.29. The molecule has 1 heterocycles. The van der Waals surface area contributed by atoms with E-state index in [-0.39, 0.29) is 5.91 Å². The third-order valence-electron chi connectivity index (χ3n) is 2.69. The molecule has 0 aliphatic heterocycles. The third kappa shape index (κ3) is 3.56. The second-order valence-electron chi connectivity index (χ2n) is 4.31. The molecule has 20 heavy (non-hydrogen) atoms. The number of nitrogens with zero attached hydrogens (tertiary/aromatic N) is 2. The summed E-state index contributed by atoms with van der Waals surface area (Å²) in [5, 5.41) is 11.9. The van der Waals surface area contributed by atoms with Crippen LogP contribution in [0.25, 0.3) is 0 Å². The summed E-state index contributed by atoms with van der Waals surface area (Å²) in [7, 11) is 0. The average Bonchev–Trinajstić information content (AvgIpc) is 2.44. The number of nitriles is 1. The van der Waals surface area contributed by atoms with Crippen LogP contribution in [0.3, 0.4) is 0 Å². The van der Waals surface area contributed by atoms with E-state index in [9.17, 15) is 4.79 Å². The van der Waals surface area contributed by atoms with Crippen LogP contribution < -0.4 is 5.32 Å². The number of carbonyl (C=O) groups excluding carboxylic acids is 1. The molecule has 2 rings (SSSR count). The number of pyridine rings is 1. The number of hydrogen-bond acceptors (Lipinski definition) is 3. The summed E-state index contributed by atoms with van der Waals surface area (Å²) in [4.78, 5) is 16.0. The molecule has 4 nitrogen and oxygen atoms in total. The number of rotatable bonds is 3. The van der Waals surface area contributed by atoms with Crippen LogP contribution in [-0.2, 0) is 6.54 Å². The number of hydrogen-bond donors (Lipinski definition) is 1. The summed E-state index contributed by atoms with van der Waals surface area (Å²) in [5.74, 6) is -0.222. The maximum atomic E-state index is 12.0. The molecular formula is C15H12ClN3O. The van der Waals surface area contributed by atoms with Gasteiger partial charge in [-0.1, -0.05) is 23.7 Å². The van der Waals surface area contributed by atoms with Gasteiger partial charge in [0.1, 0.15) is 5.15 Å². The van der Waals surface area contributed by atoms with E-state index in [4.69, 9.17) is 16.9 Å². The minimum Gasteiger partial charge on any atom is -0.348 e. The number of halogens is 1. The van der Waals surface area contributed by atoms with E-state index >= 15 is 0 Å². The summed E-state index contributed by atoms with van der Waals surface area (Å²) >= 11 is 5.82. The Balaban J connectivity index is 2.06. The van der Waals surface area contributed by atoms with Crippen LogP contribution in [-0.4, -0.2) is 10.9 Å². The average molecular weight is 286 g/mol. The molecule has 2 aromatic rings. The number of aromatic nitrogens is 1. The number of carbonyl (C=O) groups is 1. The van der Waals surface area contributed by atoms with Gasteiger partial charge in [-0.25, -0.2) is 4.98 Å². The van der Waals surface area contributed by atoms with Gasteiger partial charge in [0.2, 0.25) is 0 Å². The van der Waals surface area contributed by atoms with Crippen molar-refractivity contribution in [3.63, 3.8) is 0 Å². The predicted octanol–water partition coefficient (Wildman–Crippen LogP) is 2.85. The van der Waals surface area contributed by atoms with E-state index < -0.39 is 0 Å². The molecule has 1 amide bonds. The number of aryl methyl sites for hydroxylation is 1. The largest absolute Gasteiger partial charge is 0.348 e. The summed E-state index contributed by atoms with van der Waals surface area (Å²) in [5.41, 5.74) is 2.60. The van der Waals surface area contributed by atoms with E-state index in [0.29, 0.717) is 28.5 Å². The smallest absolute Gasteiger partial charge is 0.251 e. The Labute approximate surface area is 122 Å². The lowest BCUT2D eigenvalue weighted by Gasteiger charge is -2.06. The second-order valence-corrected chi connectivity index (χ2v) is 4.70. The Morgan fingerprint density at radius 3 is 2.90 bits per heavy atom. The summed E-state index contributed by atoms with van der Waals surface area (Å²) in [6, 6.07) is 12.4. The Morgan fingerprint density at radius 1 is 1.40 bits per heavy atom. The zero-order valence-corrected chi connectivity index (χ0v) is 11.6. The van der Waals surface area contributed by atoms with Gasteiger partial charge >= 0.3 is 0 Å². The molecule has 5 heteroatoms. The van der Waals surface area contributed by atoms with Crippen LogP contribution >= 0.6 is 11.6 Å². The fraction of sp³-hybridized carbons (Fsp3) is 0.133. The van der Waals surface area contributed by atoms with Gasteiger partial charge in [0.05, 0.1) is 11.6 Å². The topological polar surface area (TPSA) is 65.8 Å². The molecule has 0 unspecified atom stereocenters. The van der Waals surface area contributed by atoms with Gasteiger partial charge in [-0.2, -0.15) is 5.26 Å². The van der Waals surface area contributed by atoms with Crippen molar-refractivity contribution in [2.45, 2.75) is 13.5 Å². The highest BCUT2D eigenvalue weighted by Crippen LogP contribution is 2.11. The molecule has 0 saturated heterocycles. The van der Waals surface area contributed by atoms with Gasteiger partial charge in [0.25, 0.3) is 5.91 Å². The van der Waals surface area contributed by atoms with Crippen molar-refractivity contribution in [2.24, 2.45) is 0 Å². The lowest BCUT2D eigenvalue weighted by atomic mass is 10.1. The van der Waals surface area contributed by atoms with Crippen LogP contribution in [0.15, 0.2) is 36.4 Å². The minimum atomic E-state index is -0.222. The van der Waals surface area contributed by atoms with E-state index in [2.05, 4.69) is 16.4 Å². The number of amides is 1. The highest BCUT2D eigenvalue weighted by atomic mass is 35.5. The molecule has 1 aromatic carbocycles. The van der Waals surface area contributed by atoms with Gasteiger partial charge in [-0.3, -0.25) is 4.79 Å². The van der Waals surface area contributed by atoms with E-state index in [0.717, 1.165) is 5.56 Å². The molecule has 0 radical (unpaired) electrons. The van der Waals surface area contributed by atoms with Crippen LogP contribution in [0.5, 0.6) is 0 Å². The molecular weight excluding hydrogens is 274 g/mol. The lowest BCUT2D eigenvalue weighted by molar-refractivity contribution is 0.0950. The number of benzene rings is 1. The van der Waals surface area contributed by atoms with Crippen LogP contribution in [0, 0.1) is 18.3 Å². The van der Waals surface area contributed by atoms with Crippen molar-refractivity contribution in [1.29, 1.82) is 5.26 Å². The van der Waals surface area contributed by atoms with Crippen LogP contribution in [0.2, 0.25) is 5.15 Å². The Morgan fingerprint density at radius 2 is 2.20 bits per heavy atom. The van der Waals surface area contributed by atoms with Gasteiger partial charge in [-0.15, -0.1) is 0 Å². The van der Waals surface area contributed by atoms with Gasteiger partial charge in [-0.05, 0) is 36.8 Å². The van der Waals surface area contributed by atoms with E-state index in [1.807, 2.05) is 6.07 Å². The van der Waals surface area contributed by atoms with E-state index in [1.165, 1.54) is 6.07 Å². The molecule has 0 spiro atoms. The zero-order valence-electron chi connectivity index (χ0n) is 10.9. The molecule has 1 N–H and O–H groups in total. The van der Waals surface area contributed by atoms with Crippen molar-refractivity contribution in [3.8, 4) is 6.07 Å². The molecule has 0 aliphatic rings. The molecule has 0 saturated carbocycles. The molecule has 0 bridgehead atoms. The quantitative estimate of drug-likeness (QED) is 0.882. The maximum absolute atomic E-state index is 12.0. The normalized spacial score (nSPS) is 9.85. The summed E-state index contributed by atoms with van der Waals surface area (Å²) < 4.78 is 0. The fourth-order valence-electron chi connectivity index (χ4n) is 1.79. The molecule has 1 aromatic heterocycles. The van der Waals surface area contributed by atoms with Crippen molar-refractivity contribution >= 4 is 17.5 Å². The van der Waals surface area contributed by atoms with Crippen molar-refractivity contribution in [2.75, 3.05) is 0 Å². The second kappa shape index (κ2) is 6.18. The molecule has 0 aliphatic carbocycles. The number of nitrogens with one attached hydrogen (secondary N) is 1. The van der Waals surface area contributed by atoms with Gasteiger partial charge in [0.15, 0.2) is 0 Å². The first-order valence-electron chi connectivity index (χ1n) is 6.00. The van der Waals surface area contributed by atoms with Crippen LogP contribution in [0.4, 0.5) is 0 Å². The zero-order chi connectivity index (χ0) is 14.5. The Bertz CT molecular complexity index is 672. The maximum Gasteiger partial charge on any atom is 0.251 e.